The maximum Gasteiger partial charge on any atom is 0.488 e. The first kappa shape index (κ1) is 12.5. The largest absolute Gasteiger partial charge is 0.488 e. The third-order valence-electron chi connectivity index (χ3n) is 2.61. The van der Waals surface area contributed by atoms with Gasteiger partial charge in [0.15, 0.2) is 0 Å². The van der Waals surface area contributed by atoms with E-state index >= 15 is 0 Å². The van der Waals surface area contributed by atoms with Crippen molar-refractivity contribution in [2.75, 3.05) is 0 Å². The van der Waals surface area contributed by atoms with Crippen LogP contribution >= 0.6 is 0 Å². The number of halogens is 1. The van der Waals surface area contributed by atoms with Gasteiger partial charge in [0, 0.05) is 17.8 Å². The van der Waals surface area contributed by atoms with Crippen LogP contribution in [0.4, 0.5) is 4.39 Å². The number of aromatic nitrogens is 1. The van der Waals surface area contributed by atoms with Gasteiger partial charge in [-0.25, -0.2) is 4.39 Å². The molecule has 2 rings (SSSR count). The molecule has 0 atom stereocenters. The van der Waals surface area contributed by atoms with Gasteiger partial charge in [0.25, 0.3) is 5.56 Å². The van der Waals surface area contributed by atoms with Crippen LogP contribution in [0.5, 0.6) is 0 Å². The summed E-state index contributed by atoms with van der Waals surface area (Å²) in [7, 11) is -1.70. The fourth-order valence-corrected chi connectivity index (χ4v) is 1.63. The van der Waals surface area contributed by atoms with E-state index < -0.39 is 12.9 Å². The minimum absolute atomic E-state index is 0.0802. The average Bonchev–Trinajstić information content (AvgIpc) is 2.34. The quantitative estimate of drug-likeness (QED) is 0.733. The second-order valence-electron chi connectivity index (χ2n) is 3.89. The van der Waals surface area contributed by atoms with Crippen LogP contribution in [0.1, 0.15) is 5.56 Å². The van der Waals surface area contributed by atoms with E-state index in [2.05, 4.69) is 0 Å². The van der Waals surface area contributed by atoms with Gasteiger partial charge in [0.05, 0.1) is 6.54 Å². The van der Waals surface area contributed by atoms with E-state index in [9.17, 15) is 9.18 Å². The van der Waals surface area contributed by atoms with E-state index in [-0.39, 0.29) is 17.6 Å². The molecule has 92 valence electrons. The molecule has 0 aliphatic heterocycles. The molecule has 2 aromatic rings. The summed E-state index contributed by atoms with van der Waals surface area (Å²) in [6.45, 7) is 0.104. The van der Waals surface area contributed by atoms with Crippen molar-refractivity contribution in [2.45, 2.75) is 6.54 Å². The fraction of sp³-hybridized carbons (Fsp3) is 0.0833. The number of benzene rings is 1. The van der Waals surface area contributed by atoms with Gasteiger partial charge >= 0.3 is 7.12 Å². The van der Waals surface area contributed by atoms with Crippen molar-refractivity contribution in [1.29, 1.82) is 0 Å². The van der Waals surface area contributed by atoms with Gasteiger partial charge in [0.2, 0.25) is 0 Å². The molecule has 0 unspecified atom stereocenters. The molecule has 1 aromatic carbocycles. The first-order valence-corrected chi connectivity index (χ1v) is 5.38. The van der Waals surface area contributed by atoms with Gasteiger partial charge < -0.3 is 14.6 Å². The Morgan fingerprint density at radius 2 is 2.00 bits per heavy atom. The highest BCUT2D eigenvalue weighted by molar-refractivity contribution is 6.58. The van der Waals surface area contributed by atoms with Crippen LogP contribution in [-0.2, 0) is 6.54 Å². The Labute approximate surface area is 103 Å². The summed E-state index contributed by atoms with van der Waals surface area (Å²) < 4.78 is 15.1. The van der Waals surface area contributed by atoms with Crippen LogP contribution in [0.15, 0.2) is 47.4 Å². The predicted octanol–water partition coefficient (Wildman–Crippen LogP) is -0.285. The van der Waals surface area contributed by atoms with Crippen molar-refractivity contribution in [3.05, 3.63) is 64.3 Å². The van der Waals surface area contributed by atoms with Crippen LogP contribution in [0, 0.1) is 5.82 Å². The van der Waals surface area contributed by atoms with Crippen molar-refractivity contribution >= 4 is 12.6 Å². The normalized spacial score (nSPS) is 10.4. The van der Waals surface area contributed by atoms with Crippen LogP contribution in [-0.4, -0.2) is 21.7 Å². The van der Waals surface area contributed by atoms with Gasteiger partial charge in [-0.3, -0.25) is 4.79 Å². The molecule has 0 bridgehead atoms. The van der Waals surface area contributed by atoms with Gasteiger partial charge in [-0.1, -0.05) is 18.2 Å². The molecular formula is C12H11BFNO3. The summed E-state index contributed by atoms with van der Waals surface area (Å²) in [6.07, 6.45) is 1.57. The molecule has 0 amide bonds. The Balaban J connectivity index is 2.31. The molecular weight excluding hydrogens is 236 g/mol. The monoisotopic (exact) mass is 247 g/mol. The second kappa shape index (κ2) is 5.16. The van der Waals surface area contributed by atoms with Crippen LogP contribution in [0.3, 0.4) is 0 Å². The van der Waals surface area contributed by atoms with E-state index in [4.69, 9.17) is 10.0 Å². The van der Waals surface area contributed by atoms with Gasteiger partial charge in [-0.15, -0.1) is 0 Å². The first-order chi connectivity index (χ1) is 8.58. The lowest BCUT2D eigenvalue weighted by Gasteiger charge is -2.08. The second-order valence-corrected chi connectivity index (χ2v) is 3.89. The summed E-state index contributed by atoms with van der Waals surface area (Å²) in [5.74, 6) is -0.573. The van der Waals surface area contributed by atoms with Gasteiger partial charge in [-0.2, -0.15) is 0 Å². The lowest BCUT2D eigenvalue weighted by Crippen LogP contribution is -2.30. The standard InChI is InChI=1S/C12H11BFNO3/c14-11-7-10(13(17)18)5-4-9(11)8-15-6-2-1-3-12(15)16/h1-7,17-18H,8H2. The Kier molecular flexibility index (Phi) is 3.59. The van der Waals surface area contributed by atoms with E-state index in [1.807, 2.05) is 0 Å². The molecule has 6 heteroatoms. The van der Waals surface area contributed by atoms with Crippen LogP contribution in [0.25, 0.3) is 0 Å². The average molecular weight is 247 g/mol. The van der Waals surface area contributed by atoms with Crippen molar-refractivity contribution in [2.24, 2.45) is 0 Å². The smallest absolute Gasteiger partial charge is 0.423 e. The Morgan fingerprint density at radius 1 is 1.22 bits per heavy atom. The molecule has 0 aliphatic carbocycles. The third kappa shape index (κ3) is 2.66. The highest BCUT2D eigenvalue weighted by Crippen LogP contribution is 2.06. The molecule has 0 saturated heterocycles. The molecule has 1 heterocycles. The lowest BCUT2D eigenvalue weighted by molar-refractivity contribution is 0.425. The third-order valence-corrected chi connectivity index (χ3v) is 2.61. The SMILES string of the molecule is O=c1ccccn1Cc1ccc(B(O)O)cc1F. The molecule has 18 heavy (non-hydrogen) atoms. The van der Waals surface area contributed by atoms with E-state index in [1.165, 1.54) is 22.8 Å². The highest BCUT2D eigenvalue weighted by Gasteiger charge is 2.13. The molecule has 0 saturated carbocycles. The summed E-state index contributed by atoms with van der Waals surface area (Å²) in [5, 5.41) is 17.8. The van der Waals surface area contributed by atoms with Crippen molar-refractivity contribution in [1.82, 2.24) is 4.57 Å². The summed E-state index contributed by atoms with van der Waals surface area (Å²) in [4.78, 5) is 11.5. The Bertz CT molecular complexity index is 612. The Hall–Kier alpha value is -1.92. The zero-order chi connectivity index (χ0) is 13.1. The van der Waals surface area contributed by atoms with E-state index in [0.717, 1.165) is 6.07 Å². The minimum Gasteiger partial charge on any atom is -0.423 e. The first-order valence-electron chi connectivity index (χ1n) is 5.38. The summed E-state index contributed by atoms with van der Waals surface area (Å²) in [6, 6.07) is 8.59. The number of hydrogen-bond donors (Lipinski definition) is 2. The lowest BCUT2D eigenvalue weighted by atomic mass is 9.80. The summed E-state index contributed by atoms with van der Waals surface area (Å²) in [5.41, 5.74) is 0.174. The molecule has 0 fully saturated rings. The van der Waals surface area contributed by atoms with Gasteiger partial charge in [-0.05, 0) is 17.6 Å². The topological polar surface area (TPSA) is 62.5 Å². The number of hydrogen-bond acceptors (Lipinski definition) is 3. The van der Waals surface area contributed by atoms with Crippen LogP contribution < -0.4 is 11.0 Å². The number of nitrogens with zero attached hydrogens (tertiary/aromatic N) is 1. The predicted molar refractivity (Wildman–Crippen MR) is 66.0 cm³/mol. The fourth-order valence-electron chi connectivity index (χ4n) is 1.63. The number of rotatable bonds is 3. The summed E-state index contributed by atoms with van der Waals surface area (Å²) >= 11 is 0. The highest BCUT2D eigenvalue weighted by atomic mass is 19.1. The molecule has 4 nitrogen and oxygen atoms in total. The number of pyridine rings is 1. The molecule has 0 aliphatic rings. The molecule has 0 spiro atoms. The minimum atomic E-state index is -1.70. The van der Waals surface area contributed by atoms with Crippen LogP contribution in [0.2, 0.25) is 0 Å². The van der Waals surface area contributed by atoms with Gasteiger partial charge in [0.1, 0.15) is 5.82 Å². The maximum atomic E-state index is 13.7. The van der Waals surface area contributed by atoms with E-state index in [0.29, 0.717) is 5.56 Å². The van der Waals surface area contributed by atoms with E-state index in [1.54, 1.807) is 18.3 Å². The Morgan fingerprint density at radius 3 is 2.61 bits per heavy atom. The van der Waals surface area contributed by atoms with Crippen molar-refractivity contribution < 1.29 is 14.4 Å². The maximum absolute atomic E-state index is 13.7. The zero-order valence-electron chi connectivity index (χ0n) is 9.45. The van der Waals surface area contributed by atoms with Crippen molar-refractivity contribution in [3.63, 3.8) is 0 Å². The van der Waals surface area contributed by atoms with Crippen molar-refractivity contribution in [3.8, 4) is 0 Å². The molecule has 2 N–H and O–H groups in total. The zero-order valence-corrected chi connectivity index (χ0v) is 9.45. The molecule has 1 aromatic heterocycles. The molecule has 0 radical (unpaired) electrons.